The Bertz CT molecular complexity index is 791. The summed E-state index contributed by atoms with van der Waals surface area (Å²) in [6.07, 6.45) is 2.75. The quantitative estimate of drug-likeness (QED) is 0.883. The van der Waals surface area contributed by atoms with Crippen LogP contribution in [-0.4, -0.2) is 24.3 Å². The fourth-order valence-corrected chi connectivity index (χ4v) is 2.18. The van der Waals surface area contributed by atoms with E-state index in [2.05, 4.69) is 15.3 Å². The van der Waals surface area contributed by atoms with E-state index in [0.717, 1.165) is 0 Å². The second-order valence-electron chi connectivity index (χ2n) is 4.18. The van der Waals surface area contributed by atoms with Gasteiger partial charge in [0.25, 0.3) is 5.91 Å². The van der Waals surface area contributed by atoms with E-state index < -0.39 is 15.9 Å². The smallest absolute Gasteiger partial charge is 0.275 e. The molecule has 21 heavy (non-hydrogen) atoms. The first kappa shape index (κ1) is 15.4. The van der Waals surface area contributed by atoms with Gasteiger partial charge < -0.3 is 5.32 Å². The Hall–Kier alpha value is -2.03. The largest absolute Gasteiger partial charge is 0.319 e. The van der Waals surface area contributed by atoms with Gasteiger partial charge in [-0.1, -0.05) is 11.6 Å². The van der Waals surface area contributed by atoms with Crippen LogP contribution in [0.5, 0.6) is 0 Å². The van der Waals surface area contributed by atoms with Gasteiger partial charge in [0.15, 0.2) is 0 Å². The summed E-state index contributed by atoms with van der Waals surface area (Å²) in [4.78, 5) is 19.7. The molecular formula is C12H11ClN4O3S. The zero-order chi connectivity index (χ0) is 15.6. The lowest BCUT2D eigenvalue weighted by molar-refractivity contribution is 0.102. The third kappa shape index (κ3) is 3.75. The van der Waals surface area contributed by atoms with Gasteiger partial charge in [-0.2, -0.15) is 0 Å². The molecule has 0 aliphatic heterocycles. The standard InChI is InChI=1S/C12H11ClN4O3S/c1-7-5-16-11(6-15-7)12(18)17-10-4-8(21(14,19)20)2-3-9(10)13/h2-6H,1H3,(H,17,18)(H2,14,19,20). The molecule has 0 aliphatic rings. The second kappa shape index (κ2) is 5.76. The second-order valence-corrected chi connectivity index (χ2v) is 6.15. The van der Waals surface area contributed by atoms with E-state index in [1.165, 1.54) is 30.6 Å². The Kier molecular flexibility index (Phi) is 4.21. The third-order valence-corrected chi connectivity index (χ3v) is 3.77. The fraction of sp³-hybridized carbons (Fsp3) is 0.0833. The van der Waals surface area contributed by atoms with Gasteiger partial charge in [0.05, 0.1) is 27.5 Å². The molecular weight excluding hydrogens is 316 g/mol. The Morgan fingerprint density at radius 2 is 2.00 bits per heavy atom. The predicted molar refractivity (Wildman–Crippen MR) is 77.5 cm³/mol. The highest BCUT2D eigenvalue weighted by Gasteiger charge is 2.14. The maximum absolute atomic E-state index is 12.0. The Morgan fingerprint density at radius 1 is 1.29 bits per heavy atom. The summed E-state index contributed by atoms with van der Waals surface area (Å²) in [6, 6.07) is 3.76. The molecule has 1 amide bonds. The minimum absolute atomic E-state index is 0.0812. The molecule has 1 heterocycles. The number of hydrogen-bond donors (Lipinski definition) is 2. The molecule has 0 bridgehead atoms. The van der Waals surface area contributed by atoms with Crippen molar-refractivity contribution in [3.8, 4) is 0 Å². The summed E-state index contributed by atoms with van der Waals surface area (Å²) in [5.41, 5.74) is 0.869. The van der Waals surface area contributed by atoms with Gasteiger partial charge in [-0.05, 0) is 25.1 Å². The van der Waals surface area contributed by atoms with Crippen LogP contribution in [0.4, 0.5) is 5.69 Å². The SMILES string of the molecule is Cc1cnc(C(=O)Nc2cc(S(N)(=O)=O)ccc2Cl)cn1. The zero-order valence-electron chi connectivity index (χ0n) is 10.9. The van der Waals surface area contributed by atoms with Crippen molar-refractivity contribution in [3.63, 3.8) is 0 Å². The number of aromatic nitrogens is 2. The van der Waals surface area contributed by atoms with Gasteiger partial charge in [-0.3, -0.25) is 9.78 Å². The first-order valence-corrected chi connectivity index (χ1v) is 7.62. The molecule has 0 saturated carbocycles. The van der Waals surface area contributed by atoms with E-state index in [1.807, 2.05) is 0 Å². The van der Waals surface area contributed by atoms with Gasteiger partial charge in [0.2, 0.25) is 10.0 Å². The molecule has 0 fully saturated rings. The van der Waals surface area contributed by atoms with Crippen molar-refractivity contribution in [2.45, 2.75) is 11.8 Å². The van der Waals surface area contributed by atoms with Crippen molar-refractivity contribution < 1.29 is 13.2 Å². The first-order valence-electron chi connectivity index (χ1n) is 5.70. The Balaban J connectivity index is 2.31. The number of halogens is 1. The number of hydrogen-bond acceptors (Lipinski definition) is 5. The molecule has 0 spiro atoms. The van der Waals surface area contributed by atoms with Crippen LogP contribution >= 0.6 is 11.6 Å². The van der Waals surface area contributed by atoms with Gasteiger partial charge in [-0.25, -0.2) is 18.5 Å². The van der Waals surface area contributed by atoms with Gasteiger partial charge in [0.1, 0.15) is 5.69 Å². The molecule has 1 aromatic heterocycles. The van der Waals surface area contributed by atoms with E-state index in [-0.39, 0.29) is 21.3 Å². The van der Waals surface area contributed by atoms with E-state index in [1.54, 1.807) is 6.92 Å². The number of carbonyl (C=O) groups excluding carboxylic acids is 1. The van der Waals surface area contributed by atoms with Crippen LogP contribution in [0.15, 0.2) is 35.5 Å². The van der Waals surface area contributed by atoms with Gasteiger partial charge in [-0.15, -0.1) is 0 Å². The van der Waals surface area contributed by atoms with Crippen LogP contribution in [0.25, 0.3) is 0 Å². The third-order valence-electron chi connectivity index (χ3n) is 2.53. The van der Waals surface area contributed by atoms with Crippen LogP contribution < -0.4 is 10.5 Å². The van der Waals surface area contributed by atoms with Crippen molar-refractivity contribution in [1.82, 2.24) is 9.97 Å². The molecule has 7 nitrogen and oxygen atoms in total. The number of aryl methyl sites for hydroxylation is 1. The van der Waals surface area contributed by atoms with E-state index in [0.29, 0.717) is 5.69 Å². The summed E-state index contributed by atoms with van der Waals surface area (Å²) in [7, 11) is -3.89. The number of nitrogens with one attached hydrogen (secondary N) is 1. The van der Waals surface area contributed by atoms with Crippen molar-refractivity contribution >= 4 is 33.2 Å². The number of primary sulfonamides is 1. The first-order chi connectivity index (χ1) is 9.77. The summed E-state index contributed by atoms with van der Waals surface area (Å²) in [5, 5.41) is 7.67. The summed E-state index contributed by atoms with van der Waals surface area (Å²) in [5.74, 6) is -0.559. The lowest BCUT2D eigenvalue weighted by atomic mass is 10.3. The predicted octanol–water partition coefficient (Wildman–Crippen LogP) is 1.34. The van der Waals surface area contributed by atoms with Gasteiger partial charge >= 0.3 is 0 Å². The highest BCUT2D eigenvalue weighted by Crippen LogP contribution is 2.25. The molecule has 0 radical (unpaired) electrons. The summed E-state index contributed by atoms with van der Waals surface area (Å²) < 4.78 is 22.6. The number of nitrogens with zero attached hydrogens (tertiary/aromatic N) is 2. The monoisotopic (exact) mass is 326 g/mol. The Labute approximate surface area is 126 Å². The number of sulfonamides is 1. The van der Waals surface area contributed by atoms with Crippen molar-refractivity contribution in [2.24, 2.45) is 5.14 Å². The van der Waals surface area contributed by atoms with E-state index in [9.17, 15) is 13.2 Å². The van der Waals surface area contributed by atoms with Crippen LogP contribution in [0.2, 0.25) is 5.02 Å². The minimum Gasteiger partial charge on any atom is -0.319 e. The van der Waals surface area contributed by atoms with Crippen LogP contribution in [0, 0.1) is 6.92 Å². The molecule has 1 aromatic carbocycles. The number of benzene rings is 1. The molecule has 9 heteroatoms. The van der Waals surface area contributed by atoms with Gasteiger partial charge in [0, 0.05) is 6.20 Å². The molecule has 3 N–H and O–H groups in total. The molecule has 0 unspecified atom stereocenters. The van der Waals surface area contributed by atoms with Crippen molar-refractivity contribution in [1.29, 1.82) is 0 Å². The Morgan fingerprint density at radius 3 is 2.57 bits per heavy atom. The number of anilines is 1. The zero-order valence-corrected chi connectivity index (χ0v) is 12.4. The molecule has 0 saturated heterocycles. The number of amides is 1. The highest BCUT2D eigenvalue weighted by molar-refractivity contribution is 7.89. The average molecular weight is 327 g/mol. The number of rotatable bonds is 3. The molecule has 0 aliphatic carbocycles. The number of carbonyl (C=O) groups is 1. The fourth-order valence-electron chi connectivity index (χ4n) is 1.47. The van der Waals surface area contributed by atoms with Crippen molar-refractivity contribution in [2.75, 3.05) is 5.32 Å². The maximum atomic E-state index is 12.0. The maximum Gasteiger partial charge on any atom is 0.275 e. The normalized spacial score (nSPS) is 11.2. The molecule has 0 atom stereocenters. The lowest BCUT2D eigenvalue weighted by Crippen LogP contribution is -2.16. The summed E-state index contributed by atoms with van der Waals surface area (Å²) >= 11 is 5.92. The molecule has 2 aromatic rings. The van der Waals surface area contributed by atoms with E-state index in [4.69, 9.17) is 16.7 Å². The van der Waals surface area contributed by atoms with Crippen LogP contribution in [0.1, 0.15) is 16.2 Å². The highest BCUT2D eigenvalue weighted by atomic mass is 35.5. The van der Waals surface area contributed by atoms with E-state index >= 15 is 0 Å². The molecule has 2 rings (SSSR count). The van der Waals surface area contributed by atoms with Crippen LogP contribution in [-0.2, 0) is 10.0 Å². The van der Waals surface area contributed by atoms with Crippen molar-refractivity contribution in [3.05, 3.63) is 47.0 Å². The number of nitrogens with two attached hydrogens (primary N) is 1. The van der Waals surface area contributed by atoms with Crippen LogP contribution in [0.3, 0.4) is 0 Å². The summed E-state index contributed by atoms with van der Waals surface area (Å²) in [6.45, 7) is 1.74. The molecule has 110 valence electrons. The minimum atomic E-state index is -3.89. The topological polar surface area (TPSA) is 115 Å². The lowest BCUT2D eigenvalue weighted by Gasteiger charge is -2.08. The average Bonchev–Trinajstić information content (AvgIpc) is 2.40.